The number of esters is 2. The second kappa shape index (κ2) is 10.1. The van der Waals surface area contributed by atoms with Crippen molar-refractivity contribution in [3.8, 4) is 0 Å². The Morgan fingerprint density at radius 2 is 1.72 bits per heavy atom. The summed E-state index contributed by atoms with van der Waals surface area (Å²) in [4.78, 5) is 33.3. The van der Waals surface area contributed by atoms with Gasteiger partial charge in [0.25, 0.3) is 0 Å². The van der Waals surface area contributed by atoms with E-state index in [1.54, 1.807) is 0 Å². The first-order valence-corrected chi connectivity index (χ1v) is 4.75. The van der Waals surface area contributed by atoms with Gasteiger partial charge >= 0.3 is 5.97 Å². The van der Waals surface area contributed by atoms with E-state index in [-0.39, 0.29) is 50.4 Å². The fraction of sp³-hybridized carbons (Fsp3) is 0.364. The Labute approximate surface area is 131 Å². The molecule has 0 aliphatic carbocycles. The van der Waals surface area contributed by atoms with Gasteiger partial charge in [-0.1, -0.05) is 0 Å². The molecule has 0 saturated carbocycles. The number of hydrogen-bond acceptors (Lipinski definition) is 5. The minimum atomic E-state index is -0.676. The topological polar surface area (TPSA) is 81.7 Å². The van der Waals surface area contributed by atoms with E-state index < -0.39 is 24.3 Å². The molecule has 0 aromatic heterocycles. The number of hydrogen-bond donors (Lipinski definition) is 1. The molecular weight excluding hydrogens is 315 g/mol. The Balaban J connectivity index is 0. The molecule has 1 amide bonds. The van der Waals surface area contributed by atoms with Crippen molar-refractivity contribution in [3.63, 3.8) is 0 Å². The summed E-state index contributed by atoms with van der Waals surface area (Å²) in [5, 5.41) is 2.30. The quantitative estimate of drug-likeness (QED) is 0.336. The van der Waals surface area contributed by atoms with Crippen LogP contribution in [0.3, 0.4) is 0 Å². The van der Waals surface area contributed by atoms with Crippen LogP contribution in [0.5, 0.6) is 0 Å². The molecule has 18 heavy (non-hydrogen) atoms. The van der Waals surface area contributed by atoms with Gasteiger partial charge in [-0.25, -0.2) is 13.3 Å². The maximum Gasteiger partial charge on any atom is 0.315 e. The molecule has 1 radical (unpaired) electrons. The summed E-state index contributed by atoms with van der Waals surface area (Å²) >= 11 is 0. The normalized spacial score (nSPS) is 10.6. The van der Waals surface area contributed by atoms with Gasteiger partial charge in [0.05, 0.1) is 14.2 Å². The molecule has 7 heteroatoms. The third kappa shape index (κ3) is 6.76. The maximum atomic E-state index is 11.3. The van der Waals surface area contributed by atoms with E-state index in [0.717, 1.165) is 0 Å². The van der Waals surface area contributed by atoms with E-state index >= 15 is 0 Å². The standard InChI is InChI=1S/C11H15NO5.Y/c1-5-8(11(15)17-4)7(2)12-9(13)6-10(14)16-3;/h1-2,5-6H2,3-4H3,(H,12,13);/q-2;/b8-7-;. The van der Waals surface area contributed by atoms with Crippen LogP contribution in [0.1, 0.15) is 12.8 Å². The van der Waals surface area contributed by atoms with Crippen LogP contribution in [0.15, 0.2) is 11.3 Å². The van der Waals surface area contributed by atoms with Gasteiger partial charge in [-0.15, -0.1) is 11.3 Å². The summed E-state index contributed by atoms with van der Waals surface area (Å²) < 4.78 is 8.81. The van der Waals surface area contributed by atoms with Crippen molar-refractivity contribution in [2.45, 2.75) is 12.8 Å². The summed E-state index contributed by atoms with van der Waals surface area (Å²) in [6.07, 6.45) is -0.328. The summed E-state index contributed by atoms with van der Waals surface area (Å²) in [5.41, 5.74) is 0.214. The maximum absolute atomic E-state index is 11.3. The molecule has 0 aliphatic heterocycles. The minimum absolute atomic E-state index is 0. The average molecular weight is 330 g/mol. The second-order valence-electron chi connectivity index (χ2n) is 3.00. The monoisotopic (exact) mass is 330 g/mol. The molecular formula is C11H15NO5Y-2. The van der Waals surface area contributed by atoms with Crippen molar-refractivity contribution in [3.05, 3.63) is 25.1 Å². The molecule has 0 fully saturated rings. The van der Waals surface area contributed by atoms with Crippen LogP contribution in [-0.4, -0.2) is 32.1 Å². The van der Waals surface area contributed by atoms with E-state index in [4.69, 9.17) is 0 Å². The van der Waals surface area contributed by atoms with Crippen LogP contribution < -0.4 is 5.32 Å². The number of amides is 1. The molecule has 0 rings (SSSR count). The molecule has 0 bridgehead atoms. The molecule has 0 aromatic rings. The van der Waals surface area contributed by atoms with Gasteiger partial charge in [0.15, 0.2) is 0 Å². The average Bonchev–Trinajstić information content (AvgIpc) is 2.28. The molecule has 6 nitrogen and oxygen atoms in total. The number of rotatable bonds is 5. The van der Waals surface area contributed by atoms with Gasteiger partial charge in [-0.2, -0.15) is 0 Å². The largest absolute Gasteiger partial charge is 0.479 e. The SMILES string of the molecule is [CH2-]C/C(C(=O)OC)=C(\[CH2-])NC(=O)CC(=O)OC.[Y]. The van der Waals surface area contributed by atoms with Gasteiger partial charge in [-0.3, -0.25) is 14.4 Å². The smallest absolute Gasteiger partial charge is 0.315 e. The molecule has 0 atom stereocenters. The molecule has 99 valence electrons. The fourth-order valence-corrected chi connectivity index (χ4v) is 0.991. The summed E-state index contributed by atoms with van der Waals surface area (Å²) in [5.74, 6) is -1.91. The van der Waals surface area contributed by atoms with Crippen molar-refractivity contribution >= 4 is 17.8 Å². The van der Waals surface area contributed by atoms with Crippen LogP contribution in [0, 0.1) is 13.8 Å². The number of carbonyl (C=O) groups is 3. The van der Waals surface area contributed by atoms with E-state index in [1.807, 2.05) is 0 Å². The van der Waals surface area contributed by atoms with Crippen LogP contribution in [0.2, 0.25) is 0 Å². The van der Waals surface area contributed by atoms with E-state index in [1.165, 1.54) is 14.2 Å². The van der Waals surface area contributed by atoms with E-state index in [0.29, 0.717) is 0 Å². The number of nitrogens with one attached hydrogen (secondary N) is 1. The molecule has 0 heterocycles. The third-order valence-electron chi connectivity index (χ3n) is 1.87. The Kier molecular flexibility index (Phi) is 10.9. The first-order chi connectivity index (χ1) is 7.96. The molecule has 1 N–H and O–H groups in total. The zero-order valence-electron chi connectivity index (χ0n) is 10.4. The molecule has 0 aliphatic rings. The first-order valence-electron chi connectivity index (χ1n) is 4.75. The van der Waals surface area contributed by atoms with Crippen molar-refractivity contribution in [2.75, 3.05) is 14.2 Å². The predicted molar refractivity (Wildman–Crippen MR) is 59.1 cm³/mol. The van der Waals surface area contributed by atoms with Crippen LogP contribution in [-0.2, 0) is 56.6 Å². The van der Waals surface area contributed by atoms with Crippen LogP contribution in [0.25, 0.3) is 0 Å². The van der Waals surface area contributed by atoms with Crippen molar-refractivity contribution in [1.29, 1.82) is 0 Å². The van der Waals surface area contributed by atoms with E-state index in [2.05, 4.69) is 28.6 Å². The number of methoxy groups -OCH3 is 2. The van der Waals surface area contributed by atoms with Gasteiger partial charge in [0.2, 0.25) is 11.9 Å². The number of ether oxygens (including phenoxy) is 2. The zero-order valence-corrected chi connectivity index (χ0v) is 13.3. The van der Waals surface area contributed by atoms with Crippen molar-refractivity contribution in [2.24, 2.45) is 0 Å². The van der Waals surface area contributed by atoms with Crippen molar-refractivity contribution < 1.29 is 56.6 Å². The molecule has 0 aromatic carbocycles. The van der Waals surface area contributed by atoms with Gasteiger partial charge in [0, 0.05) is 32.7 Å². The Bertz CT molecular complexity index is 351. The van der Waals surface area contributed by atoms with Crippen LogP contribution >= 0.6 is 0 Å². The number of carbonyl (C=O) groups excluding carboxylic acids is 3. The third-order valence-corrected chi connectivity index (χ3v) is 1.87. The van der Waals surface area contributed by atoms with Gasteiger partial charge in [-0.05, 0) is 0 Å². The summed E-state index contributed by atoms with van der Waals surface area (Å²) in [6.45, 7) is 7.02. The Hall–Kier alpha value is -0.876. The Morgan fingerprint density at radius 3 is 2.11 bits per heavy atom. The second-order valence-corrected chi connectivity index (χ2v) is 3.00. The minimum Gasteiger partial charge on any atom is -0.479 e. The summed E-state index contributed by atoms with van der Waals surface area (Å²) in [6, 6.07) is 0. The zero-order chi connectivity index (χ0) is 13.4. The molecule has 0 spiro atoms. The van der Waals surface area contributed by atoms with Gasteiger partial charge < -0.3 is 21.7 Å². The van der Waals surface area contributed by atoms with Gasteiger partial charge in [0.1, 0.15) is 6.42 Å². The van der Waals surface area contributed by atoms with E-state index in [9.17, 15) is 14.4 Å². The summed E-state index contributed by atoms with van der Waals surface area (Å²) in [7, 11) is 2.38. The molecule has 0 unspecified atom stereocenters. The fourth-order valence-electron chi connectivity index (χ4n) is 0.991. The molecule has 0 saturated heterocycles. The predicted octanol–water partition coefficient (Wildman–Crippen LogP) is 0.149. The van der Waals surface area contributed by atoms with Crippen LogP contribution in [0.4, 0.5) is 0 Å². The first kappa shape index (κ1) is 19.5. The number of allylic oxidation sites excluding steroid dienone is 1. The van der Waals surface area contributed by atoms with Crippen molar-refractivity contribution in [1.82, 2.24) is 5.32 Å². The Morgan fingerprint density at radius 1 is 1.17 bits per heavy atom.